The Balaban J connectivity index is 1.21. The lowest BCUT2D eigenvalue weighted by molar-refractivity contribution is -0.134. The standard InChI is InChI=1S/C37H45ClN6O7S2/c1-21(2)32-40-26(20-52-32)25-17-29(24-11-12-28(50-5)30(38)31(24)39-25)51-23-16-27-33(45)43(4)15-9-7-6-8-10-22-18-37(22,41-35(47)44(27)19-23)34(46)42-53(48,49)36(3)13-14-36/h8,10-12,17,20-23,27H,6-7,9,13-16,18-19H2,1-5H3,(H,41,47)(H,42,46)/b10-8+/t22-,23+,27+,37-/m1/s1. The molecule has 13 nitrogen and oxygen atoms in total. The van der Waals surface area contributed by atoms with Gasteiger partial charge in [-0.1, -0.05) is 37.6 Å². The molecule has 2 aliphatic carbocycles. The van der Waals surface area contributed by atoms with Crippen molar-refractivity contribution in [3.8, 4) is 22.9 Å². The van der Waals surface area contributed by atoms with Gasteiger partial charge in [-0.15, -0.1) is 11.3 Å². The SMILES string of the molecule is COc1ccc2c(O[C@H]3C[C@H]4C(=O)N(C)CCCC/C=C/[C@@H]5C[C@@]5(C(=O)NS(=O)(=O)C5(C)CC5)NC(=O)N4C3)cc(-c3csc(C(C)C)n3)nc2c1Cl. The number of hydrogen-bond donors (Lipinski definition) is 2. The first-order chi connectivity index (χ1) is 25.2. The van der Waals surface area contributed by atoms with E-state index in [1.807, 2.05) is 23.6 Å². The number of pyridine rings is 1. The number of fused-ring (bicyclic) bond motifs is 3. The van der Waals surface area contributed by atoms with Crippen molar-refractivity contribution in [1.82, 2.24) is 29.8 Å². The Hall–Kier alpha value is -3.95. The molecule has 0 unspecified atom stereocenters. The van der Waals surface area contributed by atoms with E-state index in [0.717, 1.165) is 24.3 Å². The van der Waals surface area contributed by atoms with Gasteiger partial charge in [0.05, 0.1) is 34.6 Å². The smallest absolute Gasteiger partial charge is 0.319 e. The lowest BCUT2D eigenvalue weighted by Crippen LogP contribution is -2.58. The molecular weight excluding hydrogens is 740 g/mol. The molecule has 4 heterocycles. The largest absolute Gasteiger partial charge is 0.495 e. The minimum atomic E-state index is -3.95. The Morgan fingerprint density at radius 1 is 1.15 bits per heavy atom. The number of carbonyl (C=O) groups excluding carboxylic acids is 3. The second kappa shape index (κ2) is 14.0. The van der Waals surface area contributed by atoms with Gasteiger partial charge in [0.1, 0.15) is 39.9 Å². The molecule has 7 rings (SSSR count). The number of urea groups is 1. The summed E-state index contributed by atoms with van der Waals surface area (Å²) in [5.74, 6) is -0.276. The molecule has 3 fully saturated rings. The highest BCUT2D eigenvalue weighted by atomic mass is 35.5. The minimum absolute atomic E-state index is 0.0297. The monoisotopic (exact) mass is 784 g/mol. The van der Waals surface area contributed by atoms with E-state index in [1.54, 1.807) is 31.0 Å². The molecule has 1 saturated heterocycles. The summed E-state index contributed by atoms with van der Waals surface area (Å²) in [6, 6.07) is 3.81. The van der Waals surface area contributed by atoms with Gasteiger partial charge in [-0.2, -0.15) is 0 Å². The fraction of sp³-hybridized carbons (Fsp3) is 0.541. The Morgan fingerprint density at radius 2 is 1.92 bits per heavy atom. The number of amides is 4. The topological polar surface area (TPSA) is 160 Å². The molecular formula is C37H45ClN6O7S2. The number of sulfonamides is 1. The van der Waals surface area contributed by atoms with E-state index in [9.17, 15) is 22.8 Å². The normalized spacial score (nSPS) is 26.4. The van der Waals surface area contributed by atoms with Gasteiger partial charge in [0.25, 0.3) is 5.91 Å². The Bertz CT molecular complexity index is 2100. The summed E-state index contributed by atoms with van der Waals surface area (Å²) in [4.78, 5) is 54.7. The lowest BCUT2D eigenvalue weighted by atomic mass is 10.1. The number of carbonyl (C=O) groups is 3. The van der Waals surface area contributed by atoms with Gasteiger partial charge in [0, 0.05) is 48.7 Å². The average molecular weight is 785 g/mol. The van der Waals surface area contributed by atoms with Crippen molar-refractivity contribution in [2.75, 3.05) is 27.2 Å². The number of allylic oxidation sites excluding steroid dienone is 1. The molecule has 2 aliphatic heterocycles. The average Bonchev–Trinajstić information content (AvgIpc) is 3.89. The van der Waals surface area contributed by atoms with Crippen LogP contribution in [-0.4, -0.2) is 95.7 Å². The number of nitrogens with zero attached hydrogens (tertiary/aromatic N) is 4. The molecule has 0 radical (unpaired) electrons. The summed E-state index contributed by atoms with van der Waals surface area (Å²) in [7, 11) is -0.698. The second-order valence-corrected chi connectivity index (χ2v) is 18.6. The van der Waals surface area contributed by atoms with Crippen molar-refractivity contribution in [3.63, 3.8) is 0 Å². The number of likely N-dealkylation sites (N-methyl/N-ethyl adjacent to an activating group) is 1. The van der Waals surface area contributed by atoms with Crippen molar-refractivity contribution < 1.29 is 32.3 Å². The van der Waals surface area contributed by atoms with Gasteiger partial charge in [-0.05, 0) is 57.6 Å². The maximum absolute atomic E-state index is 14.2. The van der Waals surface area contributed by atoms with Gasteiger partial charge in [-0.3, -0.25) is 14.3 Å². The number of thiazole rings is 1. The number of benzene rings is 1. The van der Waals surface area contributed by atoms with Crippen LogP contribution >= 0.6 is 22.9 Å². The van der Waals surface area contributed by atoms with Crippen molar-refractivity contribution in [2.45, 2.75) is 94.1 Å². The van der Waals surface area contributed by atoms with Crippen LogP contribution in [-0.2, 0) is 19.6 Å². The first-order valence-electron chi connectivity index (χ1n) is 18.0. The molecule has 0 bridgehead atoms. The zero-order valence-electron chi connectivity index (χ0n) is 30.5. The summed E-state index contributed by atoms with van der Waals surface area (Å²) in [6.45, 7) is 6.29. The maximum atomic E-state index is 14.2. The molecule has 2 N–H and O–H groups in total. The summed E-state index contributed by atoms with van der Waals surface area (Å²) in [5.41, 5.74) is 0.201. The number of methoxy groups -OCH3 is 1. The number of aromatic nitrogens is 2. The molecule has 4 atom stereocenters. The predicted molar refractivity (Wildman–Crippen MR) is 203 cm³/mol. The van der Waals surface area contributed by atoms with Crippen molar-refractivity contribution >= 4 is 61.7 Å². The van der Waals surface area contributed by atoms with Crippen molar-refractivity contribution in [1.29, 1.82) is 0 Å². The zero-order chi connectivity index (χ0) is 37.9. The summed E-state index contributed by atoms with van der Waals surface area (Å²) in [5, 5.41) is 6.71. The second-order valence-electron chi connectivity index (χ2n) is 15.1. The fourth-order valence-corrected chi connectivity index (χ4v) is 9.47. The minimum Gasteiger partial charge on any atom is -0.495 e. The highest BCUT2D eigenvalue weighted by Crippen LogP contribution is 2.48. The van der Waals surface area contributed by atoms with Crippen LogP contribution in [0.5, 0.6) is 11.5 Å². The molecule has 4 aliphatic rings. The first kappa shape index (κ1) is 37.4. The third kappa shape index (κ3) is 7.07. The predicted octanol–water partition coefficient (Wildman–Crippen LogP) is 5.63. The van der Waals surface area contributed by atoms with E-state index in [-0.39, 0.29) is 31.2 Å². The molecule has 16 heteroatoms. The highest BCUT2D eigenvalue weighted by Gasteiger charge is 2.63. The van der Waals surface area contributed by atoms with Gasteiger partial charge in [0.15, 0.2) is 0 Å². The molecule has 3 aromatic rings. The number of halogens is 1. The van der Waals surface area contributed by atoms with Crippen LogP contribution in [0.4, 0.5) is 4.79 Å². The van der Waals surface area contributed by atoms with Crippen LogP contribution in [0, 0.1) is 5.92 Å². The Labute approximate surface area is 318 Å². The van der Waals surface area contributed by atoms with Crippen molar-refractivity contribution in [3.05, 3.63) is 45.8 Å². The van der Waals surface area contributed by atoms with Crippen LogP contribution in [0.3, 0.4) is 0 Å². The zero-order valence-corrected chi connectivity index (χ0v) is 32.9. The molecule has 2 aromatic heterocycles. The van der Waals surface area contributed by atoms with Gasteiger partial charge >= 0.3 is 6.03 Å². The van der Waals surface area contributed by atoms with E-state index in [4.69, 9.17) is 31.0 Å². The summed E-state index contributed by atoms with van der Waals surface area (Å²) < 4.78 is 39.6. The van der Waals surface area contributed by atoms with Crippen LogP contribution in [0.1, 0.15) is 76.6 Å². The third-order valence-corrected chi connectivity index (χ3v) is 14.6. The number of hydrogen-bond acceptors (Lipinski definition) is 10. The van der Waals surface area contributed by atoms with E-state index >= 15 is 0 Å². The summed E-state index contributed by atoms with van der Waals surface area (Å²) in [6.07, 6.45) is 6.86. The molecule has 0 spiro atoms. The van der Waals surface area contributed by atoms with E-state index < -0.39 is 50.3 Å². The summed E-state index contributed by atoms with van der Waals surface area (Å²) >= 11 is 8.33. The highest BCUT2D eigenvalue weighted by molar-refractivity contribution is 7.91. The molecule has 1 aromatic carbocycles. The van der Waals surface area contributed by atoms with E-state index in [1.165, 1.54) is 23.3 Å². The van der Waals surface area contributed by atoms with Crippen molar-refractivity contribution in [2.24, 2.45) is 5.92 Å². The number of ether oxygens (including phenoxy) is 2. The van der Waals surface area contributed by atoms with Crippen LogP contribution < -0.4 is 19.5 Å². The molecule has 2 saturated carbocycles. The fourth-order valence-electron chi connectivity index (χ4n) is 7.05. The molecule has 4 amide bonds. The van der Waals surface area contributed by atoms with E-state index in [0.29, 0.717) is 58.2 Å². The van der Waals surface area contributed by atoms with Crippen LogP contribution in [0.15, 0.2) is 35.7 Å². The Kier molecular flexibility index (Phi) is 9.90. The Morgan fingerprint density at radius 3 is 2.62 bits per heavy atom. The lowest BCUT2D eigenvalue weighted by Gasteiger charge is -2.30. The first-order valence-corrected chi connectivity index (χ1v) is 20.8. The van der Waals surface area contributed by atoms with E-state index in [2.05, 4.69) is 23.9 Å². The maximum Gasteiger partial charge on any atom is 0.319 e. The van der Waals surface area contributed by atoms with Gasteiger partial charge in [0.2, 0.25) is 15.9 Å². The quantitative estimate of drug-likeness (QED) is 0.276. The van der Waals surface area contributed by atoms with Crippen LogP contribution in [0.2, 0.25) is 5.02 Å². The number of rotatable bonds is 8. The molecule has 53 heavy (non-hydrogen) atoms. The third-order valence-electron chi connectivity index (χ3n) is 10.9. The van der Waals surface area contributed by atoms with Crippen LogP contribution in [0.25, 0.3) is 22.3 Å². The number of nitrogens with one attached hydrogen (secondary N) is 2. The van der Waals surface area contributed by atoms with Gasteiger partial charge < -0.3 is 24.6 Å². The molecule has 284 valence electrons. The van der Waals surface area contributed by atoms with Gasteiger partial charge in [-0.25, -0.2) is 23.2 Å².